The number of aromatic amines is 1. The molecule has 0 radical (unpaired) electrons. The van der Waals surface area contributed by atoms with Crippen LogP contribution in [0.4, 0.5) is 4.39 Å². The van der Waals surface area contributed by atoms with Crippen molar-refractivity contribution in [2.45, 2.75) is 29.9 Å². The SMILES string of the molecule is Cc1cc(Sc2ncnc3nc[nH]c23)c(C(C)O)cc1F. The topological polar surface area (TPSA) is 74.7 Å². The van der Waals surface area contributed by atoms with Crippen LogP contribution in [0.5, 0.6) is 0 Å². The number of benzene rings is 1. The molecule has 21 heavy (non-hydrogen) atoms. The molecule has 2 aromatic heterocycles. The first-order valence-electron chi connectivity index (χ1n) is 6.36. The molecule has 0 aliphatic rings. The van der Waals surface area contributed by atoms with Gasteiger partial charge in [-0.2, -0.15) is 0 Å². The number of rotatable bonds is 3. The summed E-state index contributed by atoms with van der Waals surface area (Å²) in [4.78, 5) is 16.1. The van der Waals surface area contributed by atoms with Gasteiger partial charge in [-0.3, -0.25) is 0 Å². The van der Waals surface area contributed by atoms with Crippen LogP contribution in [0, 0.1) is 12.7 Å². The molecule has 0 fully saturated rings. The summed E-state index contributed by atoms with van der Waals surface area (Å²) in [5, 5.41) is 10.5. The van der Waals surface area contributed by atoms with Gasteiger partial charge in [0.2, 0.25) is 0 Å². The fraction of sp³-hybridized carbons (Fsp3) is 0.214. The van der Waals surface area contributed by atoms with Crippen molar-refractivity contribution >= 4 is 22.9 Å². The minimum absolute atomic E-state index is 0.329. The third-order valence-electron chi connectivity index (χ3n) is 3.14. The van der Waals surface area contributed by atoms with Crippen molar-refractivity contribution in [1.82, 2.24) is 19.9 Å². The third-order valence-corrected chi connectivity index (χ3v) is 4.21. The number of aromatic nitrogens is 4. The first-order chi connectivity index (χ1) is 10.1. The molecule has 0 aliphatic carbocycles. The number of hydrogen-bond acceptors (Lipinski definition) is 5. The van der Waals surface area contributed by atoms with E-state index in [0.717, 1.165) is 10.4 Å². The number of hydrogen-bond donors (Lipinski definition) is 2. The first-order valence-corrected chi connectivity index (χ1v) is 7.18. The average Bonchev–Trinajstić information content (AvgIpc) is 2.91. The molecular formula is C14H13FN4OS. The second-order valence-corrected chi connectivity index (χ2v) is 5.73. The van der Waals surface area contributed by atoms with E-state index in [1.165, 1.54) is 24.2 Å². The van der Waals surface area contributed by atoms with Crippen LogP contribution < -0.4 is 0 Å². The van der Waals surface area contributed by atoms with Crippen molar-refractivity contribution < 1.29 is 9.50 Å². The molecule has 3 rings (SSSR count). The van der Waals surface area contributed by atoms with Gasteiger partial charge in [0, 0.05) is 4.90 Å². The Morgan fingerprint density at radius 3 is 2.86 bits per heavy atom. The summed E-state index contributed by atoms with van der Waals surface area (Å²) in [6.45, 7) is 3.30. The molecule has 0 bridgehead atoms. The zero-order valence-electron chi connectivity index (χ0n) is 11.5. The lowest BCUT2D eigenvalue weighted by molar-refractivity contribution is 0.196. The molecule has 108 valence electrons. The molecule has 2 N–H and O–H groups in total. The largest absolute Gasteiger partial charge is 0.389 e. The number of nitrogens with zero attached hydrogens (tertiary/aromatic N) is 3. The lowest BCUT2D eigenvalue weighted by atomic mass is 10.1. The normalized spacial score (nSPS) is 12.8. The second kappa shape index (κ2) is 5.42. The van der Waals surface area contributed by atoms with Crippen LogP contribution in [0.2, 0.25) is 0 Å². The van der Waals surface area contributed by atoms with Crippen molar-refractivity contribution in [2.75, 3.05) is 0 Å². The van der Waals surface area contributed by atoms with Gasteiger partial charge < -0.3 is 10.1 Å². The summed E-state index contributed by atoms with van der Waals surface area (Å²) in [5.74, 6) is -0.329. The van der Waals surface area contributed by atoms with E-state index in [9.17, 15) is 9.50 Å². The summed E-state index contributed by atoms with van der Waals surface area (Å²) in [6, 6.07) is 3.08. The van der Waals surface area contributed by atoms with Crippen LogP contribution in [0.3, 0.4) is 0 Å². The average molecular weight is 304 g/mol. The maximum Gasteiger partial charge on any atom is 0.181 e. The Balaban J connectivity index is 2.09. The Labute approximate surface area is 124 Å². The van der Waals surface area contributed by atoms with E-state index in [4.69, 9.17) is 0 Å². The van der Waals surface area contributed by atoms with Gasteiger partial charge in [0.05, 0.1) is 12.4 Å². The van der Waals surface area contributed by atoms with Crippen molar-refractivity contribution in [3.8, 4) is 0 Å². The van der Waals surface area contributed by atoms with Crippen molar-refractivity contribution in [1.29, 1.82) is 0 Å². The van der Waals surface area contributed by atoms with Crippen LogP contribution in [0.1, 0.15) is 24.2 Å². The summed E-state index contributed by atoms with van der Waals surface area (Å²) in [7, 11) is 0. The van der Waals surface area contributed by atoms with Gasteiger partial charge in [0.25, 0.3) is 0 Å². The van der Waals surface area contributed by atoms with E-state index < -0.39 is 6.10 Å². The molecule has 3 aromatic rings. The van der Waals surface area contributed by atoms with E-state index in [1.54, 1.807) is 26.2 Å². The van der Waals surface area contributed by atoms with Gasteiger partial charge in [0.1, 0.15) is 22.7 Å². The Morgan fingerprint density at radius 2 is 2.10 bits per heavy atom. The van der Waals surface area contributed by atoms with Gasteiger partial charge in [-0.25, -0.2) is 19.3 Å². The molecule has 0 spiro atoms. The number of fused-ring (bicyclic) bond motifs is 1. The van der Waals surface area contributed by atoms with Crippen molar-refractivity contribution in [3.63, 3.8) is 0 Å². The van der Waals surface area contributed by atoms with Crippen molar-refractivity contribution in [2.24, 2.45) is 0 Å². The molecule has 0 saturated carbocycles. The summed E-state index contributed by atoms with van der Waals surface area (Å²) in [6.07, 6.45) is 2.22. The number of H-pyrrole nitrogens is 1. The van der Waals surface area contributed by atoms with E-state index in [1.807, 2.05) is 0 Å². The number of imidazole rings is 1. The molecule has 1 aromatic carbocycles. The van der Waals surface area contributed by atoms with Gasteiger partial charge >= 0.3 is 0 Å². The summed E-state index contributed by atoms with van der Waals surface area (Å²) in [5.41, 5.74) is 2.36. The molecule has 2 heterocycles. The first kappa shape index (κ1) is 14.0. The lowest BCUT2D eigenvalue weighted by Gasteiger charge is -2.13. The van der Waals surface area contributed by atoms with Crippen molar-refractivity contribution in [3.05, 3.63) is 41.7 Å². The molecular weight excluding hydrogens is 291 g/mol. The Kier molecular flexibility index (Phi) is 3.60. The number of nitrogens with one attached hydrogen (secondary N) is 1. The molecule has 7 heteroatoms. The van der Waals surface area contributed by atoms with Gasteiger partial charge in [0.15, 0.2) is 5.65 Å². The number of halogens is 1. The summed E-state index contributed by atoms with van der Waals surface area (Å²) < 4.78 is 13.7. The summed E-state index contributed by atoms with van der Waals surface area (Å²) >= 11 is 1.35. The zero-order chi connectivity index (χ0) is 15.0. The highest BCUT2D eigenvalue weighted by Gasteiger charge is 2.15. The Bertz CT molecular complexity index is 803. The van der Waals surface area contributed by atoms with Crippen LogP contribution in [-0.4, -0.2) is 25.0 Å². The molecule has 5 nitrogen and oxygen atoms in total. The quantitative estimate of drug-likeness (QED) is 0.728. The maximum atomic E-state index is 13.7. The van der Waals surface area contributed by atoms with Gasteiger partial charge in [-0.15, -0.1) is 0 Å². The Morgan fingerprint density at radius 1 is 1.29 bits per heavy atom. The molecule has 1 atom stereocenters. The smallest absolute Gasteiger partial charge is 0.181 e. The molecule has 0 saturated heterocycles. The maximum absolute atomic E-state index is 13.7. The van der Waals surface area contributed by atoms with E-state index >= 15 is 0 Å². The minimum atomic E-state index is -0.762. The monoisotopic (exact) mass is 304 g/mol. The van der Waals surface area contributed by atoms with Crippen LogP contribution in [0.15, 0.2) is 34.7 Å². The van der Waals surface area contributed by atoms with Crippen LogP contribution in [0.25, 0.3) is 11.2 Å². The Hall–Kier alpha value is -1.99. The second-order valence-electron chi connectivity index (χ2n) is 4.70. The predicted octanol–water partition coefficient (Wildman–Crippen LogP) is 3.00. The van der Waals surface area contributed by atoms with E-state index in [2.05, 4.69) is 19.9 Å². The van der Waals surface area contributed by atoms with Crippen LogP contribution in [-0.2, 0) is 0 Å². The predicted molar refractivity (Wildman–Crippen MR) is 77.6 cm³/mol. The third kappa shape index (κ3) is 2.62. The highest BCUT2D eigenvalue weighted by molar-refractivity contribution is 7.99. The lowest BCUT2D eigenvalue weighted by Crippen LogP contribution is -1.98. The number of aliphatic hydroxyl groups excluding tert-OH is 1. The highest BCUT2D eigenvalue weighted by atomic mass is 32.2. The fourth-order valence-electron chi connectivity index (χ4n) is 2.01. The van der Waals surface area contributed by atoms with E-state index in [0.29, 0.717) is 21.8 Å². The number of aryl methyl sites for hydroxylation is 1. The minimum Gasteiger partial charge on any atom is -0.389 e. The highest BCUT2D eigenvalue weighted by Crippen LogP contribution is 2.35. The molecule has 0 aliphatic heterocycles. The van der Waals surface area contributed by atoms with Crippen LogP contribution >= 0.6 is 11.8 Å². The number of aliphatic hydroxyl groups is 1. The van der Waals surface area contributed by atoms with Gasteiger partial charge in [-0.1, -0.05) is 11.8 Å². The zero-order valence-corrected chi connectivity index (χ0v) is 12.3. The molecule has 0 amide bonds. The standard InChI is InChI=1S/C14H13FN4OS/c1-7-3-11(9(8(2)20)4-10(7)15)21-14-12-13(17-5-16-12)18-6-19-14/h3-6,8,20H,1-2H3,(H,16,17,18,19). The van der Waals surface area contributed by atoms with Gasteiger partial charge in [-0.05, 0) is 37.1 Å². The molecule has 1 unspecified atom stereocenters. The van der Waals surface area contributed by atoms with E-state index in [-0.39, 0.29) is 5.82 Å². The fourth-order valence-corrected chi connectivity index (χ4v) is 3.15.